The first-order valence-electron chi connectivity index (χ1n) is 8.75. The summed E-state index contributed by atoms with van der Waals surface area (Å²) in [5, 5.41) is 6.35. The van der Waals surface area contributed by atoms with Crippen LogP contribution in [0.2, 0.25) is 0 Å². The molecule has 23 heavy (non-hydrogen) atoms. The molecule has 1 N–H and O–H groups in total. The van der Waals surface area contributed by atoms with Crippen molar-refractivity contribution in [3.05, 3.63) is 11.1 Å². The molecule has 6 heteroatoms. The number of thiazole rings is 1. The van der Waals surface area contributed by atoms with E-state index in [2.05, 4.69) is 22.1 Å². The Kier molecular flexibility index (Phi) is 7.46. The van der Waals surface area contributed by atoms with E-state index in [1.807, 2.05) is 12.3 Å². The molecule has 1 aromatic heterocycles. The number of anilines is 1. The first-order valence-corrected chi connectivity index (χ1v) is 9.63. The lowest BCUT2D eigenvalue weighted by Crippen LogP contribution is -2.36. The van der Waals surface area contributed by atoms with Crippen LogP contribution in [-0.4, -0.2) is 48.5 Å². The summed E-state index contributed by atoms with van der Waals surface area (Å²) in [6, 6.07) is 0. The van der Waals surface area contributed by atoms with Crippen LogP contribution in [0.3, 0.4) is 0 Å². The van der Waals surface area contributed by atoms with E-state index in [4.69, 9.17) is 0 Å². The lowest BCUT2D eigenvalue weighted by atomic mass is 10.1. The fourth-order valence-electron chi connectivity index (χ4n) is 3.09. The Morgan fingerprint density at radius 1 is 1.43 bits per heavy atom. The van der Waals surface area contributed by atoms with Crippen molar-refractivity contribution in [3.8, 4) is 0 Å². The summed E-state index contributed by atoms with van der Waals surface area (Å²) in [4.78, 5) is 20.4. The fraction of sp³-hybridized carbons (Fsp3) is 0.765. The molecule has 130 valence electrons. The summed E-state index contributed by atoms with van der Waals surface area (Å²) in [5.74, 6) is 0.701. The van der Waals surface area contributed by atoms with Gasteiger partial charge in [-0.25, -0.2) is 4.98 Å². The average Bonchev–Trinajstić information content (AvgIpc) is 2.97. The molecule has 1 unspecified atom stereocenters. The monoisotopic (exact) mass is 338 g/mol. The van der Waals surface area contributed by atoms with E-state index in [9.17, 15) is 4.79 Å². The van der Waals surface area contributed by atoms with Crippen molar-refractivity contribution in [1.82, 2.24) is 15.2 Å². The molecule has 0 aliphatic carbocycles. The maximum atomic E-state index is 11.5. The molecule has 0 radical (unpaired) electrons. The zero-order valence-corrected chi connectivity index (χ0v) is 15.5. The third-order valence-electron chi connectivity index (χ3n) is 4.28. The minimum absolute atomic E-state index is 0.0523. The third kappa shape index (κ3) is 5.86. The van der Waals surface area contributed by atoms with Crippen molar-refractivity contribution in [3.63, 3.8) is 0 Å². The molecule has 2 rings (SSSR count). The molecule has 1 fully saturated rings. The zero-order valence-electron chi connectivity index (χ0n) is 14.7. The molecule has 1 aliphatic heterocycles. The van der Waals surface area contributed by atoms with Gasteiger partial charge in [0.05, 0.1) is 5.69 Å². The lowest BCUT2D eigenvalue weighted by molar-refractivity contribution is -0.116. The van der Waals surface area contributed by atoms with Gasteiger partial charge in [-0.05, 0) is 45.3 Å². The van der Waals surface area contributed by atoms with Gasteiger partial charge in [-0.1, -0.05) is 13.3 Å². The van der Waals surface area contributed by atoms with E-state index in [-0.39, 0.29) is 5.91 Å². The number of amides is 1. The normalized spacial score (nSPS) is 17.2. The number of piperidine rings is 1. The van der Waals surface area contributed by atoms with E-state index in [0.717, 1.165) is 23.9 Å². The number of aromatic nitrogens is 1. The van der Waals surface area contributed by atoms with E-state index in [0.29, 0.717) is 12.5 Å². The summed E-state index contributed by atoms with van der Waals surface area (Å²) < 4.78 is 0. The Bertz CT molecular complexity index is 485. The number of nitrogens with zero attached hydrogens (tertiary/aromatic N) is 3. The Morgan fingerprint density at radius 2 is 2.17 bits per heavy atom. The third-order valence-corrected chi connectivity index (χ3v) is 5.20. The van der Waals surface area contributed by atoms with Crippen molar-refractivity contribution >= 4 is 22.4 Å². The molecule has 0 spiro atoms. The highest BCUT2D eigenvalue weighted by molar-refractivity contribution is 7.14. The van der Waals surface area contributed by atoms with Gasteiger partial charge in [-0.2, -0.15) is 0 Å². The Balaban J connectivity index is 1.71. The highest BCUT2D eigenvalue weighted by Crippen LogP contribution is 2.20. The number of hydrogen-bond acceptors (Lipinski definition) is 5. The molecular formula is C17H30N4OS. The Morgan fingerprint density at radius 3 is 2.83 bits per heavy atom. The molecule has 1 aliphatic rings. The van der Waals surface area contributed by atoms with E-state index >= 15 is 0 Å². The first kappa shape index (κ1) is 18.4. The molecule has 1 saturated heterocycles. The van der Waals surface area contributed by atoms with Crippen molar-refractivity contribution in [2.75, 3.05) is 37.6 Å². The molecule has 0 aromatic carbocycles. The standard InChI is InChI=1S/C17H30N4OS/c1-4-21(15(3)22)17-19-16(13-23-17)11-18-10-14(2)12-20-8-6-5-7-9-20/h13-14,18H,4-12H2,1-3H3. The second-order valence-corrected chi connectivity index (χ2v) is 7.32. The summed E-state index contributed by atoms with van der Waals surface area (Å²) in [6.07, 6.45) is 4.10. The van der Waals surface area contributed by atoms with Crippen LogP contribution in [0.5, 0.6) is 0 Å². The predicted octanol–water partition coefficient (Wildman–Crippen LogP) is 2.73. The van der Waals surface area contributed by atoms with Gasteiger partial charge in [0.2, 0.25) is 5.91 Å². The van der Waals surface area contributed by atoms with Crippen LogP contribution >= 0.6 is 11.3 Å². The van der Waals surface area contributed by atoms with Gasteiger partial charge < -0.3 is 10.2 Å². The topological polar surface area (TPSA) is 48.5 Å². The van der Waals surface area contributed by atoms with Crippen LogP contribution in [0.4, 0.5) is 5.13 Å². The van der Waals surface area contributed by atoms with E-state index in [1.54, 1.807) is 23.2 Å². The first-order chi connectivity index (χ1) is 11.1. The van der Waals surface area contributed by atoms with Crippen LogP contribution < -0.4 is 10.2 Å². The minimum atomic E-state index is 0.0523. The molecule has 1 aromatic rings. The lowest BCUT2D eigenvalue weighted by Gasteiger charge is -2.29. The minimum Gasteiger partial charge on any atom is -0.311 e. The number of carbonyl (C=O) groups is 1. The second kappa shape index (κ2) is 9.35. The summed E-state index contributed by atoms with van der Waals surface area (Å²) in [5.41, 5.74) is 1.02. The molecule has 1 atom stereocenters. The van der Waals surface area contributed by atoms with E-state index in [1.165, 1.54) is 38.9 Å². The number of likely N-dealkylation sites (tertiary alicyclic amines) is 1. The van der Waals surface area contributed by atoms with Crippen molar-refractivity contribution in [2.24, 2.45) is 5.92 Å². The fourth-order valence-corrected chi connectivity index (χ4v) is 4.02. The van der Waals surface area contributed by atoms with Gasteiger partial charge in [0.15, 0.2) is 5.13 Å². The maximum Gasteiger partial charge on any atom is 0.225 e. The summed E-state index contributed by atoms with van der Waals surface area (Å²) >= 11 is 1.54. The van der Waals surface area contributed by atoms with E-state index < -0.39 is 0 Å². The second-order valence-electron chi connectivity index (χ2n) is 6.48. The Labute approximate surface area is 144 Å². The predicted molar refractivity (Wildman–Crippen MR) is 97.0 cm³/mol. The highest BCUT2D eigenvalue weighted by Gasteiger charge is 2.15. The smallest absolute Gasteiger partial charge is 0.225 e. The molecule has 0 bridgehead atoms. The number of hydrogen-bond donors (Lipinski definition) is 1. The molecule has 0 saturated carbocycles. The SMILES string of the molecule is CCN(C(C)=O)c1nc(CNCC(C)CN2CCCCC2)cs1. The van der Waals surface area contributed by atoms with Crippen molar-refractivity contribution < 1.29 is 4.79 Å². The van der Waals surface area contributed by atoms with Gasteiger partial charge in [0, 0.05) is 31.9 Å². The van der Waals surface area contributed by atoms with Crippen LogP contribution in [0.1, 0.15) is 45.7 Å². The number of carbonyl (C=O) groups excluding carboxylic acids is 1. The quantitative estimate of drug-likeness (QED) is 0.792. The molecule has 1 amide bonds. The van der Waals surface area contributed by atoms with Crippen molar-refractivity contribution in [1.29, 1.82) is 0 Å². The van der Waals surface area contributed by atoms with Gasteiger partial charge in [0.25, 0.3) is 0 Å². The highest BCUT2D eigenvalue weighted by atomic mass is 32.1. The molecule has 5 nitrogen and oxygen atoms in total. The van der Waals surface area contributed by atoms with Crippen molar-refractivity contribution in [2.45, 2.75) is 46.6 Å². The number of rotatable bonds is 8. The molecular weight excluding hydrogens is 308 g/mol. The zero-order chi connectivity index (χ0) is 16.7. The van der Waals surface area contributed by atoms with Gasteiger partial charge >= 0.3 is 0 Å². The van der Waals surface area contributed by atoms with Crippen LogP contribution in [0.25, 0.3) is 0 Å². The Hall–Kier alpha value is -0.980. The average molecular weight is 339 g/mol. The molecule has 2 heterocycles. The summed E-state index contributed by atoms with van der Waals surface area (Å²) in [6.45, 7) is 12.0. The van der Waals surface area contributed by atoms with Gasteiger partial charge in [-0.15, -0.1) is 11.3 Å². The maximum absolute atomic E-state index is 11.5. The van der Waals surface area contributed by atoms with Gasteiger partial charge in [-0.3, -0.25) is 9.69 Å². The van der Waals surface area contributed by atoms with Gasteiger partial charge in [0.1, 0.15) is 0 Å². The summed E-state index contributed by atoms with van der Waals surface area (Å²) in [7, 11) is 0. The number of nitrogens with one attached hydrogen (secondary N) is 1. The van der Waals surface area contributed by atoms with Crippen LogP contribution in [0.15, 0.2) is 5.38 Å². The van der Waals surface area contributed by atoms with Crippen LogP contribution in [0, 0.1) is 5.92 Å². The van der Waals surface area contributed by atoms with Crippen LogP contribution in [-0.2, 0) is 11.3 Å². The largest absolute Gasteiger partial charge is 0.311 e.